The third-order valence-corrected chi connectivity index (χ3v) is 3.89. The number of ether oxygens (including phenoxy) is 2. The zero-order chi connectivity index (χ0) is 14.4. The molecule has 4 heteroatoms. The van der Waals surface area contributed by atoms with Crippen molar-refractivity contribution >= 4 is 0 Å². The molecule has 1 heterocycles. The highest BCUT2D eigenvalue weighted by molar-refractivity contribution is 5.31. The molecule has 0 unspecified atom stereocenters. The molecule has 0 radical (unpaired) electrons. The fourth-order valence-corrected chi connectivity index (χ4v) is 2.62. The Labute approximate surface area is 121 Å². The van der Waals surface area contributed by atoms with Gasteiger partial charge in [-0.15, -0.1) is 0 Å². The highest BCUT2D eigenvalue weighted by Gasteiger charge is 2.20. The first-order chi connectivity index (χ1) is 9.69. The second-order valence-corrected chi connectivity index (χ2v) is 5.48. The summed E-state index contributed by atoms with van der Waals surface area (Å²) in [4.78, 5) is 2.35. The maximum atomic E-state index is 10.1. The third-order valence-electron chi connectivity index (χ3n) is 3.89. The molecule has 1 saturated heterocycles. The Hall–Kier alpha value is -1.26. The Morgan fingerprint density at radius 2 is 1.95 bits per heavy atom. The molecule has 0 amide bonds. The van der Waals surface area contributed by atoms with Gasteiger partial charge in [-0.1, -0.05) is 6.42 Å². The van der Waals surface area contributed by atoms with E-state index in [1.165, 1.54) is 19.3 Å². The van der Waals surface area contributed by atoms with Gasteiger partial charge in [-0.25, -0.2) is 0 Å². The Bertz CT molecular complexity index is 393. The predicted octanol–water partition coefficient (Wildman–Crippen LogP) is 2.31. The van der Waals surface area contributed by atoms with Crippen LogP contribution in [0.25, 0.3) is 0 Å². The summed E-state index contributed by atoms with van der Waals surface area (Å²) in [5, 5.41) is 10.1. The first-order valence-corrected chi connectivity index (χ1v) is 7.38. The maximum absolute atomic E-state index is 10.1. The van der Waals surface area contributed by atoms with Crippen LogP contribution in [0.2, 0.25) is 0 Å². The third kappa shape index (κ3) is 4.39. The van der Waals surface area contributed by atoms with E-state index in [9.17, 15) is 5.11 Å². The zero-order valence-corrected chi connectivity index (χ0v) is 12.4. The maximum Gasteiger partial charge on any atom is 0.119 e. The van der Waals surface area contributed by atoms with Crippen LogP contribution >= 0.6 is 0 Å². The van der Waals surface area contributed by atoms with Crippen molar-refractivity contribution in [3.05, 3.63) is 24.3 Å². The summed E-state index contributed by atoms with van der Waals surface area (Å²) in [6.45, 7) is 4.34. The van der Waals surface area contributed by atoms with E-state index < -0.39 is 6.10 Å². The molecular formula is C16H25NO3. The molecule has 1 aromatic carbocycles. The lowest BCUT2D eigenvalue weighted by molar-refractivity contribution is 0.0438. The number of β-amino-alcohol motifs (C(OH)–C–C–N with tert-alkyl or cyclic N) is 1. The first-order valence-electron chi connectivity index (χ1n) is 7.38. The van der Waals surface area contributed by atoms with Crippen molar-refractivity contribution in [2.75, 3.05) is 26.8 Å². The largest absolute Gasteiger partial charge is 0.497 e. The minimum atomic E-state index is -0.447. The van der Waals surface area contributed by atoms with Crippen LogP contribution in [0.15, 0.2) is 24.3 Å². The molecule has 0 aliphatic carbocycles. The highest BCUT2D eigenvalue weighted by atomic mass is 16.5. The lowest BCUT2D eigenvalue weighted by Crippen LogP contribution is -2.43. The summed E-state index contributed by atoms with van der Waals surface area (Å²) in [6.07, 6.45) is 3.32. The Kier molecular flexibility index (Phi) is 5.68. The van der Waals surface area contributed by atoms with Gasteiger partial charge in [0.05, 0.1) is 7.11 Å². The number of likely N-dealkylation sites (tertiary alicyclic amines) is 1. The van der Waals surface area contributed by atoms with Gasteiger partial charge in [0.25, 0.3) is 0 Å². The molecule has 1 aromatic rings. The molecule has 20 heavy (non-hydrogen) atoms. The van der Waals surface area contributed by atoms with Crippen LogP contribution < -0.4 is 9.47 Å². The Morgan fingerprint density at radius 1 is 1.25 bits per heavy atom. The van der Waals surface area contributed by atoms with E-state index in [1.54, 1.807) is 7.11 Å². The molecule has 0 spiro atoms. The van der Waals surface area contributed by atoms with Crippen molar-refractivity contribution in [3.8, 4) is 11.5 Å². The number of piperidine rings is 1. The highest BCUT2D eigenvalue weighted by Crippen LogP contribution is 2.18. The van der Waals surface area contributed by atoms with E-state index in [-0.39, 0.29) is 0 Å². The first kappa shape index (κ1) is 15.1. The van der Waals surface area contributed by atoms with Crippen molar-refractivity contribution in [2.45, 2.75) is 38.3 Å². The fourth-order valence-electron chi connectivity index (χ4n) is 2.62. The minimum Gasteiger partial charge on any atom is -0.497 e. The van der Waals surface area contributed by atoms with Gasteiger partial charge < -0.3 is 14.6 Å². The molecule has 2 atom stereocenters. The van der Waals surface area contributed by atoms with Crippen LogP contribution in [0.3, 0.4) is 0 Å². The fraction of sp³-hybridized carbons (Fsp3) is 0.625. The summed E-state index contributed by atoms with van der Waals surface area (Å²) in [6, 6.07) is 7.99. The smallest absolute Gasteiger partial charge is 0.119 e. The number of hydrogen-bond donors (Lipinski definition) is 1. The quantitative estimate of drug-likeness (QED) is 0.867. The summed E-state index contributed by atoms with van der Waals surface area (Å²) in [7, 11) is 1.64. The summed E-state index contributed by atoms with van der Waals surface area (Å²) in [5.74, 6) is 1.57. The molecule has 4 nitrogen and oxygen atoms in total. The van der Waals surface area contributed by atoms with E-state index in [0.29, 0.717) is 19.2 Å². The lowest BCUT2D eigenvalue weighted by Gasteiger charge is -2.34. The molecule has 0 aromatic heterocycles. The molecule has 0 saturated carbocycles. The monoisotopic (exact) mass is 279 g/mol. The van der Waals surface area contributed by atoms with Gasteiger partial charge >= 0.3 is 0 Å². The van der Waals surface area contributed by atoms with Gasteiger partial charge in [-0.2, -0.15) is 0 Å². The van der Waals surface area contributed by atoms with Crippen LogP contribution in [0.5, 0.6) is 11.5 Å². The van der Waals surface area contributed by atoms with E-state index in [2.05, 4.69) is 11.8 Å². The number of rotatable bonds is 6. The van der Waals surface area contributed by atoms with Gasteiger partial charge in [-0.3, -0.25) is 4.90 Å². The summed E-state index contributed by atoms with van der Waals surface area (Å²) in [5.41, 5.74) is 0. The molecular weight excluding hydrogens is 254 g/mol. The number of nitrogens with zero attached hydrogens (tertiary/aromatic N) is 1. The standard InChI is InChI=1S/C16H25NO3/c1-13-5-3-4-10-17(13)11-14(18)12-20-16-8-6-15(19-2)7-9-16/h6-9,13-14,18H,3-5,10-12H2,1-2H3/t13-,14+/m0/s1. The van der Waals surface area contributed by atoms with Gasteiger partial charge in [0.2, 0.25) is 0 Å². The average molecular weight is 279 g/mol. The summed E-state index contributed by atoms with van der Waals surface area (Å²) < 4.78 is 10.7. The lowest BCUT2D eigenvalue weighted by atomic mass is 10.0. The van der Waals surface area contributed by atoms with Crippen LogP contribution in [0, 0.1) is 0 Å². The Morgan fingerprint density at radius 3 is 2.60 bits per heavy atom. The minimum absolute atomic E-state index is 0.329. The van der Waals surface area contributed by atoms with Crippen molar-refractivity contribution in [3.63, 3.8) is 0 Å². The van der Waals surface area contributed by atoms with Crippen LogP contribution in [0.4, 0.5) is 0 Å². The molecule has 112 valence electrons. The molecule has 0 bridgehead atoms. The van der Waals surface area contributed by atoms with E-state index in [4.69, 9.17) is 9.47 Å². The van der Waals surface area contributed by atoms with Crippen molar-refractivity contribution in [2.24, 2.45) is 0 Å². The zero-order valence-electron chi connectivity index (χ0n) is 12.4. The second-order valence-electron chi connectivity index (χ2n) is 5.48. The van der Waals surface area contributed by atoms with Crippen molar-refractivity contribution in [1.29, 1.82) is 0 Å². The van der Waals surface area contributed by atoms with Crippen molar-refractivity contribution < 1.29 is 14.6 Å². The number of hydrogen-bond acceptors (Lipinski definition) is 4. The summed E-state index contributed by atoms with van der Waals surface area (Å²) >= 11 is 0. The SMILES string of the molecule is COc1ccc(OC[C@H](O)CN2CCCC[C@@H]2C)cc1. The predicted molar refractivity (Wildman–Crippen MR) is 79.4 cm³/mol. The number of aliphatic hydroxyl groups is 1. The van der Waals surface area contributed by atoms with Crippen LogP contribution in [-0.2, 0) is 0 Å². The van der Waals surface area contributed by atoms with Gasteiger partial charge in [-0.05, 0) is 50.6 Å². The number of benzene rings is 1. The van der Waals surface area contributed by atoms with Crippen LogP contribution in [-0.4, -0.2) is 49.0 Å². The van der Waals surface area contributed by atoms with Gasteiger partial charge in [0, 0.05) is 12.6 Å². The van der Waals surface area contributed by atoms with Crippen LogP contribution in [0.1, 0.15) is 26.2 Å². The number of aliphatic hydroxyl groups excluding tert-OH is 1. The molecule has 2 rings (SSSR count). The molecule has 1 aliphatic rings. The second kappa shape index (κ2) is 7.50. The molecule has 1 N–H and O–H groups in total. The van der Waals surface area contributed by atoms with Gasteiger partial charge in [0.1, 0.15) is 24.2 Å². The average Bonchev–Trinajstić information content (AvgIpc) is 2.48. The topological polar surface area (TPSA) is 41.9 Å². The van der Waals surface area contributed by atoms with Crippen molar-refractivity contribution in [1.82, 2.24) is 4.90 Å². The van der Waals surface area contributed by atoms with E-state index in [1.807, 2.05) is 24.3 Å². The molecule has 1 aliphatic heterocycles. The molecule has 1 fully saturated rings. The normalized spacial score (nSPS) is 21.4. The number of methoxy groups -OCH3 is 1. The van der Waals surface area contributed by atoms with E-state index in [0.717, 1.165) is 18.0 Å². The Balaban J connectivity index is 1.74. The van der Waals surface area contributed by atoms with Gasteiger partial charge in [0.15, 0.2) is 0 Å². The van der Waals surface area contributed by atoms with E-state index >= 15 is 0 Å².